The smallest absolute Gasteiger partial charge is 0.314 e. The lowest BCUT2D eigenvalue weighted by molar-refractivity contribution is -0.142. The monoisotopic (exact) mass is 558 g/mol. The van der Waals surface area contributed by atoms with Crippen molar-refractivity contribution in [2.24, 2.45) is 11.8 Å². The Morgan fingerprint density at radius 2 is 0.975 bits per heavy atom. The van der Waals surface area contributed by atoms with Crippen LogP contribution in [0.25, 0.3) is 0 Å². The first-order valence-electron chi connectivity index (χ1n) is 15.6. The molecular formula is C32H46O8. The molecule has 0 aromatic heterocycles. The highest BCUT2D eigenvalue weighted by Crippen LogP contribution is 2.30. The van der Waals surface area contributed by atoms with Crippen molar-refractivity contribution >= 4 is 11.9 Å². The molecule has 2 unspecified atom stereocenters. The summed E-state index contributed by atoms with van der Waals surface area (Å²) in [5.41, 5.74) is 0. The molecule has 0 radical (unpaired) electrons. The van der Waals surface area contributed by atoms with Crippen molar-refractivity contribution in [3.63, 3.8) is 0 Å². The highest BCUT2D eigenvalue weighted by atomic mass is 16.6. The number of unbranched alkanes of at least 4 members (excludes halogenated alkanes) is 2. The van der Waals surface area contributed by atoms with Gasteiger partial charge in [-0.1, -0.05) is 0 Å². The number of ether oxygens (including phenoxy) is 6. The molecule has 0 amide bonds. The van der Waals surface area contributed by atoms with Gasteiger partial charge in [0, 0.05) is 13.2 Å². The summed E-state index contributed by atoms with van der Waals surface area (Å²) in [6, 6.07) is 6.79. The quantitative estimate of drug-likeness (QED) is 0.109. The molecule has 5 rings (SSSR count). The topological polar surface area (TPSA) is 96.1 Å². The van der Waals surface area contributed by atoms with Crippen LogP contribution in [0.1, 0.15) is 89.9 Å². The van der Waals surface area contributed by atoms with Gasteiger partial charge in [-0.15, -0.1) is 0 Å². The summed E-state index contributed by atoms with van der Waals surface area (Å²) in [6.07, 6.45) is 14.9. The number of hydrogen-bond donors (Lipinski definition) is 0. The number of rotatable bonds is 16. The zero-order valence-corrected chi connectivity index (χ0v) is 23.8. The molecule has 2 atom stereocenters. The van der Waals surface area contributed by atoms with Crippen LogP contribution in [0.3, 0.4) is 0 Å². The molecule has 40 heavy (non-hydrogen) atoms. The predicted octanol–water partition coefficient (Wildman–Crippen LogP) is 5.79. The molecule has 8 nitrogen and oxygen atoms in total. The minimum Gasteiger partial charge on any atom is -0.426 e. The second kappa shape index (κ2) is 15.3. The number of epoxide rings is 2. The molecule has 222 valence electrons. The van der Waals surface area contributed by atoms with Crippen LogP contribution in [0, 0.1) is 11.8 Å². The van der Waals surface area contributed by atoms with E-state index in [-0.39, 0.29) is 36.0 Å². The van der Waals surface area contributed by atoms with E-state index in [1.807, 2.05) is 0 Å². The lowest BCUT2D eigenvalue weighted by atomic mass is 9.87. The number of hydrogen-bond acceptors (Lipinski definition) is 8. The fraction of sp³-hybridized carbons (Fsp3) is 0.750. The molecule has 0 bridgehead atoms. The van der Waals surface area contributed by atoms with Crippen molar-refractivity contribution in [1.82, 2.24) is 0 Å². The van der Waals surface area contributed by atoms with Crippen molar-refractivity contribution in [2.45, 2.75) is 114 Å². The van der Waals surface area contributed by atoms with Gasteiger partial charge in [-0.2, -0.15) is 0 Å². The van der Waals surface area contributed by atoms with Gasteiger partial charge in [0.1, 0.15) is 11.5 Å². The van der Waals surface area contributed by atoms with Crippen LogP contribution in [-0.4, -0.2) is 62.8 Å². The Balaban J connectivity index is 0.927. The Hall–Kier alpha value is -2.00. The number of carbonyl (C=O) groups excluding carboxylic acids is 2. The molecule has 8 heteroatoms. The van der Waals surface area contributed by atoms with Crippen molar-refractivity contribution in [2.75, 3.05) is 26.4 Å². The maximum absolute atomic E-state index is 12.7. The van der Waals surface area contributed by atoms with E-state index in [4.69, 9.17) is 28.4 Å². The molecule has 2 saturated carbocycles. The van der Waals surface area contributed by atoms with Gasteiger partial charge >= 0.3 is 11.9 Å². The molecule has 0 N–H and O–H groups in total. The molecular weight excluding hydrogens is 512 g/mol. The van der Waals surface area contributed by atoms with Crippen LogP contribution >= 0.6 is 0 Å². The van der Waals surface area contributed by atoms with E-state index in [9.17, 15) is 9.59 Å². The second-order valence-electron chi connectivity index (χ2n) is 11.9. The first-order valence-corrected chi connectivity index (χ1v) is 15.6. The van der Waals surface area contributed by atoms with Crippen LogP contribution in [0.15, 0.2) is 24.3 Å². The SMILES string of the molecule is O=C(Oc1ccc(OC(=O)C2CCC(OCCCCC3CO3)CC2)cc1)C1CCC(OCCCCC2CO2)CC1. The minimum atomic E-state index is -0.191. The van der Waals surface area contributed by atoms with E-state index < -0.39 is 0 Å². The van der Waals surface area contributed by atoms with E-state index in [1.165, 1.54) is 0 Å². The van der Waals surface area contributed by atoms with E-state index in [0.29, 0.717) is 23.7 Å². The highest BCUT2D eigenvalue weighted by molar-refractivity contribution is 5.76. The average Bonchev–Trinajstić information content (AvgIpc) is 3.91. The van der Waals surface area contributed by atoms with Crippen molar-refractivity contribution < 1.29 is 38.0 Å². The third-order valence-corrected chi connectivity index (χ3v) is 8.63. The van der Waals surface area contributed by atoms with Gasteiger partial charge in [0.25, 0.3) is 0 Å². The van der Waals surface area contributed by atoms with E-state index in [2.05, 4.69) is 0 Å². The molecule has 1 aromatic rings. The number of esters is 2. The average molecular weight is 559 g/mol. The third-order valence-electron chi connectivity index (χ3n) is 8.63. The highest BCUT2D eigenvalue weighted by Gasteiger charge is 2.30. The maximum atomic E-state index is 12.7. The van der Waals surface area contributed by atoms with Gasteiger partial charge in [-0.05, 0) is 114 Å². The van der Waals surface area contributed by atoms with E-state index in [0.717, 1.165) is 116 Å². The van der Waals surface area contributed by atoms with E-state index >= 15 is 0 Å². The Labute approximate surface area is 238 Å². The molecule has 2 aliphatic heterocycles. The van der Waals surface area contributed by atoms with Gasteiger partial charge in [-0.3, -0.25) is 9.59 Å². The summed E-state index contributed by atoms with van der Waals surface area (Å²) in [5, 5.41) is 0. The molecule has 1 aromatic carbocycles. The molecule has 2 aliphatic carbocycles. The van der Waals surface area contributed by atoms with Crippen molar-refractivity contribution in [3.8, 4) is 11.5 Å². The first kappa shape index (κ1) is 29.5. The zero-order valence-electron chi connectivity index (χ0n) is 23.8. The first-order chi connectivity index (χ1) is 19.6. The van der Waals surface area contributed by atoms with Crippen molar-refractivity contribution in [3.05, 3.63) is 24.3 Å². The summed E-state index contributed by atoms with van der Waals surface area (Å²) in [7, 11) is 0. The number of benzene rings is 1. The fourth-order valence-electron chi connectivity index (χ4n) is 5.82. The van der Waals surface area contributed by atoms with Gasteiger partial charge in [0.15, 0.2) is 0 Å². The van der Waals surface area contributed by atoms with Gasteiger partial charge in [0.05, 0.1) is 49.5 Å². The van der Waals surface area contributed by atoms with Crippen LogP contribution < -0.4 is 9.47 Å². The van der Waals surface area contributed by atoms with Gasteiger partial charge in [0.2, 0.25) is 0 Å². The summed E-state index contributed by atoms with van der Waals surface area (Å²) < 4.78 is 33.8. The van der Waals surface area contributed by atoms with Crippen LogP contribution in [0.2, 0.25) is 0 Å². The lowest BCUT2D eigenvalue weighted by Crippen LogP contribution is -2.29. The largest absolute Gasteiger partial charge is 0.426 e. The van der Waals surface area contributed by atoms with Crippen molar-refractivity contribution in [1.29, 1.82) is 0 Å². The maximum Gasteiger partial charge on any atom is 0.314 e. The lowest BCUT2D eigenvalue weighted by Gasteiger charge is -2.27. The summed E-state index contributed by atoms with van der Waals surface area (Å²) >= 11 is 0. The standard InChI is InChI=1S/C32H46O8/c33-31(23-7-11-25(12-8-23)35-19-3-1-5-29-21-37-29)39-27-15-17-28(18-16-27)40-32(34)24-9-13-26(14-10-24)36-20-4-2-6-30-22-38-30/h15-18,23-26,29-30H,1-14,19-22H2. The summed E-state index contributed by atoms with van der Waals surface area (Å²) in [4.78, 5) is 25.4. The molecule has 2 saturated heterocycles. The van der Waals surface area contributed by atoms with Gasteiger partial charge in [-0.25, -0.2) is 0 Å². The molecule has 4 fully saturated rings. The molecule has 0 spiro atoms. The second-order valence-corrected chi connectivity index (χ2v) is 11.9. The zero-order chi connectivity index (χ0) is 27.6. The Morgan fingerprint density at radius 1 is 0.600 bits per heavy atom. The van der Waals surface area contributed by atoms with Crippen LogP contribution in [-0.2, 0) is 28.5 Å². The summed E-state index contributed by atoms with van der Waals surface area (Å²) in [5.74, 6) is 0.379. The van der Waals surface area contributed by atoms with E-state index in [1.54, 1.807) is 24.3 Å². The minimum absolute atomic E-state index is 0.0965. The summed E-state index contributed by atoms with van der Waals surface area (Å²) in [6.45, 7) is 3.42. The Morgan fingerprint density at radius 3 is 1.32 bits per heavy atom. The molecule has 4 aliphatic rings. The Kier molecular flexibility index (Phi) is 11.3. The third kappa shape index (κ3) is 10.1. The van der Waals surface area contributed by atoms with Gasteiger partial charge < -0.3 is 28.4 Å². The number of carbonyl (C=O) groups is 2. The predicted molar refractivity (Wildman–Crippen MR) is 148 cm³/mol. The van der Waals surface area contributed by atoms with Crippen LogP contribution in [0.5, 0.6) is 11.5 Å². The molecule has 2 heterocycles. The fourth-order valence-corrected chi connectivity index (χ4v) is 5.82. The normalized spacial score (nSPS) is 29.5. The van der Waals surface area contributed by atoms with Crippen LogP contribution in [0.4, 0.5) is 0 Å². The Bertz CT molecular complexity index is 834.